The van der Waals surface area contributed by atoms with Gasteiger partial charge in [-0.15, -0.1) is 0 Å². The average molecular weight is 408 g/mol. The molecular formula is C23H25FN4O2. The topological polar surface area (TPSA) is 76.9 Å². The van der Waals surface area contributed by atoms with Crippen LogP contribution in [-0.4, -0.2) is 28.8 Å². The molecule has 7 heteroatoms. The Morgan fingerprint density at radius 1 is 1.13 bits per heavy atom. The number of likely N-dealkylation sites (tertiary alicyclic amines) is 1. The summed E-state index contributed by atoms with van der Waals surface area (Å²) >= 11 is 0. The highest BCUT2D eigenvalue weighted by atomic mass is 19.1. The summed E-state index contributed by atoms with van der Waals surface area (Å²) in [5.74, 6) is 0.295. The van der Waals surface area contributed by atoms with E-state index in [1.54, 1.807) is 12.1 Å². The molecule has 156 valence electrons. The Morgan fingerprint density at radius 3 is 2.80 bits per heavy atom. The van der Waals surface area contributed by atoms with Crippen molar-refractivity contribution in [2.45, 2.75) is 32.4 Å². The van der Waals surface area contributed by atoms with Gasteiger partial charge < -0.3 is 15.0 Å². The van der Waals surface area contributed by atoms with Crippen LogP contribution in [0, 0.1) is 5.82 Å². The van der Waals surface area contributed by atoms with Gasteiger partial charge in [-0.3, -0.25) is 4.90 Å². The Bertz CT molecular complexity index is 1010. The van der Waals surface area contributed by atoms with E-state index < -0.39 is 0 Å². The number of rotatable bonds is 7. The van der Waals surface area contributed by atoms with Gasteiger partial charge in [-0.25, -0.2) is 9.37 Å². The highest BCUT2D eigenvalue weighted by Crippen LogP contribution is 2.20. The molecule has 0 spiro atoms. The quantitative estimate of drug-likeness (QED) is 0.358. The third-order valence-electron chi connectivity index (χ3n) is 5.08. The maximum Gasteiger partial charge on any atom is 0.226 e. The molecule has 2 aromatic carbocycles. The lowest BCUT2D eigenvalue weighted by Gasteiger charge is -2.26. The molecule has 1 aromatic heterocycles. The van der Waals surface area contributed by atoms with Gasteiger partial charge in [0.05, 0.1) is 0 Å². The highest BCUT2D eigenvalue weighted by Gasteiger charge is 2.11. The molecule has 1 aliphatic heterocycles. The third kappa shape index (κ3) is 5.24. The first-order valence-electron chi connectivity index (χ1n) is 10.1. The first kappa shape index (κ1) is 20.1. The third-order valence-corrected chi connectivity index (χ3v) is 5.08. The molecule has 0 saturated carbocycles. The molecule has 1 aliphatic rings. The summed E-state index contributed by atoms with van der Waals surface area (Å²) in [5, 5.41) is 4.01. The smallest absolute Gasteiger partial charge is 0.226 e. The van der Waals surface area contributed by atoms with Crippen LogP contribution in [0.1, 0.15) is 36.1 Å². The Morgan fingerprint density at radius 2 is 1.97 bits per heavy atom. The van der Waals surface area contributed by atoms with Gasteiger partial charge >= 0.3 is 0 Å². The lowest BCUT2D eigenvalue weighted by molar-refractivity contribution is 0.127. The van der Waals surface area contributed by atoms with Crippen molar-refractivity contribution in [1.82, 2.24) is 9.88 Å². The molecule has 0 radical (unpaired) electrons. The Balaban J connectivity index is 1.35. The summed E-state index contributed by atoms with van der Waals surface area (Å²) in [4.78, 5) is 12.1. The summed E-state index contributed by atoms with van der Waals surface area (Å²) in [6.07, 6.45) is 5.31. The van der Waals surface area contributed by atoms with Crippen molar-refractivity contribution in [3.8, 4) is 11.5 Å². The number of nitrogens with zero attached hydrogens (tertiary/aromatic N) is 3. The van der Waals surface area contributed by atoms with Crippen LogP contribution in [0.5, 0.6) is 0 Å². The van der Waals surface area contributed by atoms with Crippen LogP contribution in [-0.2, 0) is 18.0 Å². The van der Waals surface area contributed by atoms with Crippen molar-refractivity contribution in [3.05, 3.63) is 77.4 Å². The van der Waals surface area contributed by atoms with Gasteiger partial charge in [0.25, 0.3) is 0 Å². The fraction of sp³-hybridized carbons (Fsp3) is 0.304. The predicted molar refractivity (Wildman–Crippen MR) is 113 cm³/mol. The number of benzene rings is 2. The second-order valence-electron chi connectivity index (χ2n) is 7.44. The molecular weight excluding hydrogens is 383 g/mol. The molecule has 1 saturated heterocycles. The van der Waals surface area contributed by atoms with Crippen LogP contribution >= 0.6 is 0 Å². The van der Waals surface area contributed by atoms with E-state index in [4.69, 9.17) is 15.0 Å². The Kier molecular flexibility index (Phi) is 6.39. The Hall–Kier alpha value is -3.19. The number of amidine groups is 1. The summed E-state index contributed by atoms with van der Waals surface area (Å²) in [7, 11) is 0. The molecule has 30 heavy (non-hydrogen) atoms. The van der Waals surface area contributed by atoms with E-state index >= 15 is 0 Å². The molecule has 2 heterocycles. The monoisotopic (exact) mass is 408 g/mol. The fourth-order valence-electron chi connectivity index (χ4n) is 3.55. The van der Waals surface area contributed by atoms with E-state index in [0.29, 0.717) is 23.0 Å². The zero-order valence-electron chi connectivity index (χ0n) is 16.8. The first-order chi connectivity index (χ1) is 14.7. The maximum absolute atomic E-state index is 13.3. The zero-order valence-corrected chi connectivity index (χ0v) is 16.8. The minimum Gasteiger partial charge on any atom is -0.444 e. The second kappa shape index (κ2) is 9.54. The molecule has 0 atom stereocenters. The van der Waals surface area contributed by atoms with Crippen molar-refractivity contribution in [2.24, 2.45) is 10.9 Å². The molecule has 0 amide bonds. The summed E-state index contributed by atoms with van der Waals surface area (Å²) in [5.41, 5.74) is 9.25. The number of halogens is 1. The fourth-order valence-corrected chi connectivity index (χ4v) is 3.55. The lowest BCUT2D eigenvalue weighted by Crippen LogP contribution is -2.29. The van der Waals surface area contributed by atoms with E-state index in [9.17, 15) is 4.39 Å². The van der Waals surface area contributed by atoms with E-state index in [1.807, 2.05) is 12.1 Å². The summed E-state index contributed by atoms with van der Waals surface area (Å²) in [6.45, 7) is 3.31. The number of nitrogens with two attached hydrogens (primary N) is 1. The van der Waals surface area contributed by atoms with Crippen molar-refractivity contribution < 1.29 is 13.6 Å². The molecule has 0 unspecified atom stereocenters. The van der Waals surface area contributed by atoms with Crippen LogP contribution < -0.4 is 5.73 Å². The molecule has 0 bridgehead atoms. The number of hydrogen-bond acceptors (Lipinski definition) is 5. The van der Waals surface area contributed by atoms with E-state index in [2.05, 4.69) is 27.2 Å². The number of aromatic nitrogens is 1. The van der Waals surface area contributed by atoms with Gasteiger partial charge in [0.2, 0.25) is 5.89 Å². The molecule has 4 rings (SSSR count). The predicted octanol–water partition coefficient (Wildman–Crippen LogP) is 4.30. The van der Waals surface area contributed by atoms with E-state index in [0.717, 1.165) is 25.2 Å². The van der Waals surface area contributed by atoms with Crippen LogP contribution in [0.2, 0.25) is 0 Å². The SMILES string of the molecule is N/C(=N\OCc1coc(-c2cccc(F)c2)n1)c1cccc(CN2CCCCC2)c1. The van der Waals surface area contributed by atoms with Gasteiger partial charge in [0.1, 0.15) is 17.8 Å². The summed E-state index contributed by atoms with van der Waals surface area (Å²) < 4.78 is 18.7. The zero-order chi connectivity index (χ0) is 20.8. The van der Waals surface area contributed by atoms with Crippen LogP contribution in [0.25, 0.3) is 11.5 Å². The van der Waals surface area contributed by atoms with Crippen LogP contribution in [0.4, 0.5) is 4.39 Å². The van der Waals surface area contributed by atoms with Crippen molar-refractivity contribution in [1.29, 1.82) is 0 Å². The molecule has 2 N–H and O–H groups in total. The van der Waals surface area contributed by atoms with Gasteiger partial charge in [-0.1, -0.05) is 35.8 Å². The van der Waals surface area contributed by atoms with Gasteiger partial charge in [-0.05, 0) is 55.8 Å². The first-order valence-corrected chi connectivity index (χ1v) is 10.1. The highest BCUT2D eigenvalue weighted by molar-refractivity contribution is 5.97. The normalized spacial score (nSPS) is 15.3. The lowest BCUT2D eigenvalue weighted by atomic mass is 10.1. The maximum atomic E-state index is 13.3. The van der Waals surface area contributed by atoms with Crippen molar-refractivity contribution >= 4 is 5.84 Å². The van der Waals surface area contributed by atoms with Gasteiger partial charge in [-0.2, -0.15) is 0 Å². The van der Waals surface area contributed by atoms with Crippen LogP contribution in [0.15, 0.2) is 64.4 Å². The standard InChI is InChI=1S/C23H25FN4O2/c24-20-9-5-8-19(13-20)23-26-21(15-29-23)16-30-27-22(25)18-7-4-6-17(12-18)14-28-10-2-1-3-11-28/h4-9,12-13,15H,1-3,10-11,14,16H2,(H2,25,27). The summed E-state index contributed by atoms with van der Waals surface area (Å²) in [6, 6.07) is 14.1. The minimum absolute atomic E-state index is 0.104. The van der Waals surface area contributed by atoms with Crippen LogP contribution in [0.3, 0.4) is 0 Å². The second-order valence-corrected chi connectivity index (χ2v) is 7.44. The van der Waals surface area contributed by atoms with Gasteiger partial charge in [0, 0.05) is 17.7 Å². The number of piperidine rings is 1. The van der Waals surface area contributed by atoms with E-state index in [1.165, 1.54) is 43.2 Å². The molecule has 1 fully saturated rings. The van der Waals surface area contributed by atoms with Crippen molar-refractivity contribution in [3.63, 3.8) is 0 Å². The molecule has 3 aromatic rings. The largest absolute Gasteiger partial charge is 0.444 e. The number of oxime groups is 1. The van der Waals surface area contributed by atoms with Gasteiger partial charge in [0.15, 0.2) is 12.4 Å². The van der Waals surface area contributed by atoms with E-state index in [-0.39, 0.29) is 12.4 Å². The molecule has 0 aliphatic carbocycles. The Labute approximate surface area is 175 Å². The number of hydrogen-bond donors (Lipinski definition) is 1. The number of oxazole rings is 1. The average Bonchev–Trinajstić information content (AvgIpc) is 3.24. The minimum atomic E-state index is -0.344. The molecule has 6 nitrogen and oxygen atoms in total. The van der Waals surface area contributed by atoms with Crippen molar-refractivity contribution in [2.75, 3.05) is 13.1 Å².